The molecular formula is C44H29N3Si. The Kier molecular flexibility index (Phi) is 7.27. The second kappa shape index (κ2) is 12.0. The number of fused-ring (bicyclic) bond motifs is 3. The van der Waals surface area contributed by atoms with Gasteiger partial charge in [-0.25, -0.2) is 4.85 Å². The number of rotatable bonds is 6. The topological polar surface area (TPSA) is 33.1 Å². The molecule has 1 aromatic heterocycles. The van der Waals surface area contributed by atoms with Crippen molar-refractivity contribution in [1.82, 2.24) is 4.57 Å². The normalized spacial score (nSPS) is 11.3. The minimum Gasteiger partial charge on any atom is -0.311 e. The first-order valence-electron chi connectivity index (χ1n) is 16.0. The summed E-state index contributed by atoms with van der Waals surface area (Å²) in [5, 5.41) is 17.8. The average Bonchev–Trinajstić information content (AvgIpc) is 3.51. The summed E-state index contributed by atoms with van der Waals surface area (Å²) in [5.74, 6) is 0. The highest BCUT2D eigenvalue weighted by Gasteiger charge is 2.43. The van der Waals surface area contributed by atoms with Gasteiger partial charge in [0, 0.05) is 16.5 Å². The molecule has 224 valence electrons. The van der Waals surface area contributed by atoms with Gasteiger partial charge in [-0.1, -0.05) is 146 Å². The molecule has 3 nitrogen and oxygen atoms in total. The van der Waals surface area contributed by atoms with E-state index in [9.17, 15) is 5.26 Å². The molecule has 1 heterocycles. The molecule has 0 aliphatic carbocycles. The van der Waals surface area contributed by atoms with Crippen LogP contribution < -0.4 is 20.7 Å². The van der Waals surface area contributed by atoms with Crippen LogP contribution in [0.5, 0.6) is 0 Å². The molecule has 0 bridgehead atoms. The molecule has 48 heavy (non-hydrogen) atoms. The van der Waals surface area contributed by atoms with Crippen molar-refractivity contribution < 1.29 is 0 Å². The first-order valence-corrected chi connectivity index (χ1v) is 18.0. The van der Waals surface area contributed by atoms with Crippen molar-refractivity contribution in [2.45, 2.75) is 0 Å². The zero-order valence-corrected chi connectivity index (χ0v) is 27.1. The van der Waals surface area contributed by atoms with E-state index in [0.29, 0.717) is 11.3 Å². The quantitative estimate of drug-likeness (QED) is 0.104. The van der Waals surface area contributed by atoms with Gasteiger partial charge in [-0.3, -0.25) is 0 Å². The lowest BCUT2D eigenvalue weighted by atomic mass is 10.0. The summed E-state index contributed by atoms with van der Waals surface area (Å²) in [5.41, 5.74) is 5.96. The fourth-order valence-corrected chi connectivity index (χ4v) is 12.2. The molecule has 0 unspecified atom stereocenters. The van der Waals surface area contributed by atoms with Gasteiger partial charge >= 0.3 is 0 Å². The Labute approximate surface area is 281 Å². The van der Waals surface area contributed by atoms with Gasteiger partial charge in [-0.05, 0) is 62.2 Å². The smallest absolute Gasteiger partial charge is 0.196 e. The molecule has 0 spiro atoms. The highest BCUT2D eigenvalue weighted by molar-refractivity contribution is 7.20. The number of benzene rings is 7. The maximum atomic E-state index is 10.8. The minimum atomic E-state index is -2.90. The van der Waals surface area contributed by atoms with Crippen LogP contribution in [0.1, 0.15) is 5.56 Å². The van der Waals surface area contributed by atoms with Crippen LogP contribution in [0, 0.1) is 17.9 Å². The lowest BCUT2D eigenvalue weighted by molar-refractivity contribution is 1.18. The Morgan fingerprint density at radius 1 is 0.542 bits per heavy atom. The molecule has 0 saturated heterocycles. The van der Waals surface area contributed by atoms with Gasteiger partial charge in [-0.2, -0.15) is 5.26 Å². The van der Waals surface area contributed by atoms with Crippen molar-refractivity contribution >= 4 is 56.3 Å². The van der Waals surface area contributed by atoms with E-state index in [1.807, 2.05) is 36.4 Å². The Bertz CT molecular complexity index is 2370. The molecule has 0 saturated carbocycles. The Morgan fingerprint density at radius 3 is 1.54 bits per heavy atom. The maximum absolute atomic E-state index is 10.8. The largest absolute Gasteiger partial charge is 0.311 e. The number of para-hydroxylation sites is 2. The molecule has 8 rings (SSSR count). The van der Waals surface area contributed by atoms with E-state index in [1.165, 1.54) is 26.3 Å². The Morgan fingerprint density at radius 2 is 1.04 bits per heavy atom. The van der Waals surface area contributed by atoms with E-state index in [0.717, 1.165) is 33.0 Å². The van der Waals surface area contributed by atoms with Crippen LogP contribution in [-0.4, -0.2) is 12.6 Å². The molecule has 0 fully saturated rings. The van der Waals surface area contributed by atoms with Crippen LogP contribution in [0.3, 0.4) is 0 Å². The average molecular weight is 628 g/mol. The van der Waals surface area contributed by atoms with Crippen LogP contribution in [0.2, 0.25) is 0 Å². The van der Waals surface area contributed by atoms with Crippen LogP contribution in [-0.2, 0) is 0 Å². The highest BCUT2D eigenvalue weighted by atomic mass is 28.3. The van der Waals surface area contributed by atoms with Gasteiger partial charge < -0.3 is 4.57 Å². The molecule has 0 N–H and O–H groups in total. The van der Waals surface area contributed by atoms with E-state index in [4.69, 9.17) is 6.57 Å². The SMILES string of the molecule is [C-]#[N+]c1cc(-n2c3ccccc3c3ccccc32)ccc1-c1ccc([Si](c2ccccc2)(c2ccccc2)c2ccccc2)c(C#N)c1. The zero-order chi connectivity index (χ0) is 32.5. The van der Waals surface area contributed by atoms with Crippen LogP contribution >= 0.6 is 0 Å². The molecule has 0 radical (unpaired) electrons. The zero-order valence-electron chi connectivity index (χ0n) is 26.1. The van der Waals surface area contributed by atoms with Crippen LogP contribution in [0.4, 0.5) is 5.69 Å². The Hall–Kier alpha value is -6.46. The number of hydrogen-bond donors (Lipinski definition) is 0. The summed E-state index contributed by atoms with van der Waals surface area (Å²) in [6.45, 7) is 8.22. The van der Waals surface area contributed by atoms with E-state index in [2.05, 4.69) is 155 Å². The van der Waals surface area contributed by atoms with Crippen molar-refractivity contribution in [3.05, 3.63) is 193 Å². The predicted molar refractivity (Wildman–Crippen MR) is 201 cm³/mol. The standard InChI is InChI=1S/C44H29N3Si/c1-46-41-30-34(47-42-23-13-11-21-39(42)40-22-12-14-24-43(40)47)26-27-38(41)32-25-28-44(33(29-32)31-45)48(35-15-5-2-6-16-35,36-17-7-3-8-18-36)37-19-9-4-10-20-37/h2-30H. The molecule has 0 aliphatic rings. The van der Waals surface area contributed by atoms with Crippen molar-refractivity contribution in [2.24, 2.45) is 0 Å². The summed E-state index contributed by atoms with van der Waals surface area (Å²) in [6, 6.07) is 63.5. The van der Waals surface area contributed by atoms with Gasteiger partial charge in [0.05, 0.1) is 29.2 Å². The minimum absolute atomic E-state index is 0.545. The monoisotopic (exact) mass is 627 g/mol. The van der Waals surface area contributed by atoms with Crippen molar-refractivity contribution in [1.29, 1.82) is 5.26 Å². The van der Waals surface area contributed by atoms with E-state index >= 15 is 0 Å². The highest BCUT2D eigenvalue weighted by Crippen LogP contribution is 2.37. The van der Waals surface area contributed by atoms with Crippen LogP contribution in [0.25, 0.3) is 43.5 Å². The predicted octanol–water partition coefficient (Wildman–Crippen LogP) is 8.25. The summed E-state index contributed by atoms with van der Waals surface area (Å²) in [6.07, 6.45) is 0. The molecule has 4 heteroatoms. The van der Waals surface area contributed by atoms with Crippen LogP contribution in [0.15, 0.2) is 176 Å². The fourth-order valence-electron chi connectivity index (χ4n) is 7.36. The van der Waals surface area contributed by atoms with Crippen molar-refractivity contribution in [2.75, 3.05) is 0 Å². The molecular weight excluding hydrogens is 599 g/mol. The van der Waals surface area contributed by atoms with E-state index in [1.54, 1.807) is 0 Å². The van der Waals surface area contributed by atoms with E-state index in [-0.39, 0.29) is 0 Å². The Balaban J connectivity index is 1.33. The summed E-state index contributed by atoms with van der Waals surface area (Å²) < 4.78 is 2.23. The summed E-state index contributed by atoms with van der Waals surface area (Å²) >= 11 is 0. The maximum Gasteiger partial charge on any atom is 0.196 e. The van der Waals surface area contributed by atoms with Crippen molar-refractivity contribution in [3.63, 3.8) is 0 Å². The molecule has 0 amide bonds. The second-order valence-electron chi connectivity index (χ2n) is 11.9. The summed E-state index contributed by atoms with van der Waals surface area (Å²) in [4.78, 5) is 4.01. The first kappa shape index (κ1) is 29.0. The van der Waals surface area contributed by atoms with E-state index < -0.39 is 8.07 Å². The third-order valence-corrected chi connectivity index (χ3v) is 14.3. The number of aromatic nitrogens is 1. The first-order chi connectivity index (χ1) is 23.7. The van der Waals surface area contributed by atoms with Gasteiger partial charge in [-0.15, -0.1) is 0 Å². The van der Waals surface area contributed by atoms with Gasteiger partial charge in [0.25, 0.3) is 0 Å². The second-order valence-corrected chi connectivity index (χ2v) is 15.7. The number of hydrogen-bond acceptors (Lipinski definition) is 1. The number of nitriles is 1. The molecule has 7 aromatic carbocycles. The summed E-state index contributed by atoms with van der Waals surface area (Å²) in [7, 11) is -2.90. The van der Waals surface area contributed by atoms with Gasteiger partial charge in [0.1, 0.15) is 0 Å². The lowest BCUT2D eigenvalue weighted by Crippen LogP contribution is -2.75. The molecule has 0 aliphatic heterocycles. The van der Waals surface area contributed by atoms with Gasteiger partial charge in [0.15, 0.2) is 13.8 Å². The molecule has 8 aromatic rings. The molecule has 0 atom stereocenters. The number of nitrogens with zero attached hydrogens (tertiary/aromatic N) is 3. The van der Waals surface area contributed by atoms with Crippen molar-refractivity contribution in [3.8, 4) is 22.9 Å². The fraction of sp³-hybridized carbons (Fsp3) is 0. The lowest BCUT2D eigenvalue weighted by Gasteiger charge is -2.35. The third kappa shape index (κ3) is 4.55. The van der Waals surface area contributed by atoms with Gasteiger partial charge in [0.2, 0.25) is 0 Å². The third-order valence-electron chi connectivity index (χ3n) is 9.42.